The van der Waals surface area contributed by atoms with Gasteiger partial charge in [0.15, 0.2) is 0 Å². The van der Waals surface area contributed by atoms with Crippen LogP contribution in [0.5, 0.6) is 11.5 Å². The number of anilines is 3. The Morgan fingerprint density at radius 1 is 0.600 bits per heavy atom. The predicted molar refractivity (Wildman–Crippen MR) is 156 cm³/mol. The van der Waals surface area contributed by atoms with Gasteiger partial charge >= 0.3 is 0 Å². The molecule has 4 aromatic rings. The molecular weight excluding hydrogens is 506 g/mol. The quantitative estimate of drug-likeness (QED) is 0.243. The average Bonchev–Trinajstić information content (AvgIpc) is 2.95. The van der Waals surface area contributed by atoms with Crippen molar-refractivity contribution < 1.29 is 23.9 Å². The molecule has 4 aromatic carbocycles. The number of ether oxygens (including phenoxy) is 2. The molecule has 0 aromatic heterocycles. The molecule has 0 aliphatic heterocycles. The first kappa shape index (κ1) is 27.9. The number of hydrogen-bond donors (Lipinski definition) is 3. The first-order valence-electron chi connectivity index (χ1n) is 12.7. The van der Waals surface area contributed by atoms with Crippen molar-refractivity contribution in [2.45, 2.75) is 19.8 Å². The third kappa shape index (κ3) is 7.70. The number of aryl methyl sites for hydroxylation is 1. The molecule has 3 amide bonds. The standard InChI is InChI=1S/C32H31N3O5/c1-21-4-17-28(29(18-21)34-31(37)20-23-7-15-27(40-3)16-8-23)35-32(38)24-9-11-25(12-10-24)33-30(36)19-22-5-13-26(39-2)14-6-22/h4-18H,19-20H2,1-3H3,(H,33,36)(H,34,37)(H,35,38). The topological polar surface area (TPSA) is 106 Å². The number of amides is 3. The summed E-state index contributed by atoms with van der Waals surface area (Å²) in [6, 6.07) is 26.6. The molecule has 4 rings (SSSR count). The number of nitrogens with one attached hydrogen (secondary N) is 3. The van der Waals surface area contributed by atoms with Crippen LogP contribution in [0, 0.1) is 6.92 Å². The van der Waals surface area contributed by atoms with Gasteiger partial charge < -0.3 is 25.4 Å². The summed E-state index contributed by atoms with van der Waals surface area (Å²) in [6.07, 6.45) is 0.392. The van der Waals surface area contributed by atoms with Crippen LogP contribution in [0.4, 0.5) is 17.1 Å². The van der Waals surface area contributed by atoms with Crippen molar-refractivity contribution in [1.29, 1.82) is 0 Å². The molecule has 0 radical (unpaired) electrons. The van der Waals surface area contributed by atoms with E-state index in [1.54, 1.807) is 56.7 Å². The third-order valence-electron chi connectivity index (χ3n) is 6.18. The van der Waals surface area contributed by atoms with Gasteiger partial charge in [-0.15, -0.1) is 0 Å². The normalized spacial score (nSPS) is 10.4. The molecule has 8 nitrogen and oxygen atoms in total. The van der Waals surface area contributed by atoms with E-state index in [4.69, 9.17) is 9.47 Å². The lowest BCUT2D eigenvalue weighted by atomic mass is 10.1. The van der Waals surface area contributed by atoms with E-state index in [1.807, 2.05) is 55.5 Å². The Kier molecular flexibility index (Phi) is 9.15. The fourth-order valence-electron chi connectivity index (χ4n) is 4.03. The summed E-state index contributed by atoms with van der Waals surface area (Å²) in [6.45, 7) is 1.91. The molecule has 8 heteroatoms. The van der Waals surface area contributed by atoms with Gasteiger partial charge in [-0.2, -0.15) is 0 Å². The Hall–Kier alpha value is -5.11. The second-order valence-corrected chi connectivity index (χ2v) is 9.23. The molecule has 0 aliphatic carbocycles. The number of benzene rings is 4. The zero-order valence-electron chi connectivity index (χ0n) is 22.6. The second kappa shape index (κ2) is 13.1. The van der Waals surface area contributed by atoms with E-state index in [2.05, 4.69) is 16.0 Å². The van der Waals surface area contributed by atoms with Gasteiger partial charge in [-0.05, 0) is 84.3 Å². The zero-order valence-corrected chi connectivity index (χ0v) is 22.6. The summed E-state index contributed by atoms with van der Waals surface area (Å²) in [5.41, 5.74) is 4.62. The molecule has 0 fully saturated rings. The van der Waals surface area contributed by atoms with Crippen molar-refractivity contribution in [2.24, 2.45) is 0 Å². The Bertz CT molecular complexity index is 1480. The smallest absolute Gasteiger partial charge is 0.255 e. The molecule has 0 bridgehead atoms. The Balaban J connectivity index is 1.36. The van der Waals surface area contributed by atoms with E-state index < -0.39 is 0 Å². The maximum atomic E-state index is 13.0. The van der Waals surface area contributed by atoms with Gasteiger partial charge in [0.1, 0.15) is 11.5 Å². The average molecular weight is 538 g/mol. The van der Waals surface area contributed by atoms with Gasteiger partial charge in [-0.25, -0.2) is 0 Å². The minimum absolute atomic E-state index is 0.169. The van der Waals surface area contributed by atoms with Crippen LogP contribution < -0.4 is 25.4 Å². The summed E-state index contributed by atoms with van der Waals surface area (Å²) in [7, 11) is 3.18. The van der Waals surface area contributed by atoms with Crippen LogP contribution >= 0.6 is 0 Å². The Labute approximate surface area is 233 Å². The maximum absolute atomic E-state index is 13.0. The molecule has 0 spiro atoms. The van der Waals surface area contributed by atoms with Crippen molar-refractivity contribution >= 4 is 34.8 Å². The minimum atomic E-state index is -0.342. The van der Waals surface area contributed by atoms with Crippen LogP contribution in [0.1, 0.15) is 27.0 Å². The molecular formula is C32H31N3O5. The number of carbonyl (C=O) groups excluding carboxylic acids is 3. The van der Waals surface area contributed by atoms with Crippen molar-refractivity contribution in [3.05, 3.63) is 113 Å². The van der Waals surface area contributed by atoms with E-state index in [9.17, 15) is 14.4 Å². The van der Waals surface area contributed by atoms with Crippen molar-refractivity contribution in [3.8, 4) is 11.5 Å². The predicted octanol–water partition coefficient (Wildman–Crippen LogP) is 5.63. The fourth-order valence-corrected chi connectivity index (χ4v) is 4.03. The van der Waals surface area contributed by atoms with Crippen LogP contribution in [-0.2, 0) is 22.4 Å². The van der Waals surface area contributed by atoms with Crippen molar-refractivity contribution in [1.82, 2.24) is 0 Å². The lowest BCUT2D eigenvalue weighted by molar-refractivity contribution is -0.116. The van der Waals surface area contributed by atoms with Gasteiger partial charge in [0.25, 0.3) is 5.91 Å². The lowest BCUT2D eigenvalue weighted by Crippen LogP contribution is -2.18. The van der Waals surface area contributed by atoms with Gasteiger partial charge in [0, 0.05) is 11.3 Å². The summed E-state index contributed by atoms with van der Waals surface area (Å²) in [4.78, 5) is 38.1. The van der Waals surface area contributed by atoms with Gasteiger partial charge in [0.05, 0.1) is 38.4 Å². The van der Waals surface area contributed by atoms with Crippen LogP contribution in [0.3, 0.4) is 0 Å². The molecule has 0 atom stereocenters. The van der Waals surface area contributed by atoms with E-state index in [0.717, 1.165) is 28.2 Å². The highest BCUT2D eigenvalue weighted by Gasteiger charge is 2.13. The first-order chi connectivity index (χ1) is 19.3. The summed E-state index contributed by atoms with van der Waals surface area (Å²) >= 11 is 0. The largest absolute Gasteiger partial charge is 0.497 e. The monoisotopic (exact) mass is 537 g/mol. The highest BCUT2D eigenvalue weighted by atomic mass is 16.5. The molecule has 0 saturated carbocycles. The molecule has 0 unspecified atom stereocenters. The highest BCUT2D eigenvalue weighted by molar-refractivity contribution is 6.07. The molecule has 204 valence electrons. The number of carbonyl (C=O) groups is 3. The van der Waals surface area contributed by atoms with E-state index in [1.165, 1.54) is 0 Å². The fraction of sp³-hybridized carbons (Fsp3) is 0.156. The Morgan fingerprint density at radius 3 is 1.65 bits per heavy atom. The van der Waals surface area contributed by atoms with Crippen molar-refractivity contribution in [2.75, 3.05) is 30.2 Å². The number of methoxy groups -OCH3 is 2. The summed E-state index contributed by atoms with van der Waals surface area (Å²) in [5, 5.41) is 8.62. The molecule has 0 heterocycles. The molecule has 0 saturated heterocycles. The molecule has 40 heavy (non-hydrogen) atoms. The van der Waals surface area contributed by atoms with E-state index in [-0.39, 0.29) is 30.6 Å². The van der Waals surface area contributed by atoms with Gasteiger partial charge in [0.2, 0.25) is 11.8 Å². The number of hydrogen-bond acceptors (Lipinski definition) is 5. The second-order valence-electron chi connectivity index (χ2n) is 9.23. The summed E-state index contributed by atoms with van der Waals surface area (Å²) in [5.74, 6) is 0.729. The molecule has 3 N–H and O–H groups in total. The SMILES string of the molecule is COc1ccc(CC(=O)Nc2ccc(C(=O)Nc3ccc(C)cc3NC(=O)Cc3ccc(OC)cc3)cc2)cc1. The van der Waals surface area contributed by atoms with E-state index >= 15 is 0 Å². The molecule has 0 aliphatic rings. The third-order valence-corrected chi connectivity index (χ3v) is 6.18. The summed E-state index contributed by atoms with van der Waals surface area (Å²) < 4.78 is 10.3. The number of rotatable bonds is 10. The first-order valence-corrected chi connectivity index (χ1v) is 12.7. The van der Waals surface area contributed by atoms with Crippen molar-refractivity contribution in [3.63, 3.8) is 0 Å². The highest BCUT2D eigenvalue weighted by Crippen LogP contribution is 2.25. The van der Waals surface area contributed by atoms with Crippen LogP contribution in [0.15, 0.2) is 91.0 Å². The van der Waals surface area contributed by atoms with Gasteiger partial charge in [-0.1, -0.05) is 30.3 Å². The van der Waals surface area contributed by atoms with E-state index in [0.29, 0.717) is 22.6 Å². The van der Waals surface area contributed by atoms with Crippen LogP contribution in [-0.4, -0.2) is 31.9 Å². The minimum Gasteiger partial charge on any atom is -0.497 e. The van der Waals surface area contributed by atoms with Gasteiger partial charge in [-0.3, -0.25) is 14.4 Å². The Morgan fingerprint density at radius 2 is 1.12 bits per heavy atom. The maximum Gasteiger partial charge on any atom is 0.255 e. The van der Waals surface area contributed by atoms with Crippen LogP contribution in [0.2, 0.25) is 0 Å². The van der Waals surface area contributed by atoms with Crippen LogP contribution in [0.25, 0.3) is 0 Å². The zero-order chi connectivity index (χ0) is 28.5. The lowest BCUT2D eigenvalue weighted by Gasteiger charge is -2.14.